The van der Waals surface area contributed by atoms with Crippen molar-refractivity contribution in [3.8, 4) is 0 Å². The molecule has 2 amide bonds. The van der Waals surface area contributed by atoms with Crippen LogP contribution in [0.1, 0.15) is 65.1 Å². The Balaban J connectivity index is 0.00000368. The van der Waals surface area contributed by atoms with Crippen LogP contribution in [0.15, 0.2) is 85.7 Å². The monoisotopic (exact) mass is 672 g/mol. The van der Waals surface area contributed by atoms with Gasteiger partial charge in [-0.3, -0.25) is 39.2 Å². The standard InChI is InChI=1S/C30H28N6O8.2ClH/c1-3-43-29(41)23-11-7-15-35(23)25(37)19-33-13-5-9-21(17-33)27(39)31-32-28(40)22-10-6-14-34(18-22)20-26(38)36-16-8-12-24(36)30(42)44-4-2;;/h5-18H,3-4,19-20H2,1-2H3;2*1H. The van der Waals surface area contributed by atoms with Crippen LogP contribution >= 0.6 is 0 Å². The molecule has 0 fully saturated rings. The summed E-state index contributed by atoms with van der Waals surface area (Å²) in [7, 11) is 0. The van der Waals surface area contributed by atoms with Crippen molar-refractivity contribution < 1.29 is 72.2 Å². The van der Waals surface area contributed by atoms with E-state index in [-0.39, 0.29) is 73.6 Å². The van der Waals surface area contributed by atoms with Crippen LogP contribution in [0.3, 0.4) is 0 Å². The van der Waals surface area contributed by atoms with Gasteiger partial charge in [-0.05, 0) is 50.2 Å². The third-order valence-corrected chi connectivity index (χ3v) is 6.17. The van der Waals surface area contributed by atoms with Crippen molar-refractivity contribution >= 4 is 35.6 Å². The predicted molar refractivity (Wildman–Crippen MR) is 150 cm³/mol. The van der Waals surface area contributed by atoms with Gasteiger partial charge < -0.3 is 34.3 Å². The van der Waals surface area contributed by atoms with Crippen LogP contribution in [0.5, 0.6) is 0 Å². The topological polar surface area (TPSA) is 163 Å². The highest BCUT2D eigenvalue weighted by Gasteiger charge is 2.22. The molecule has 4 rings (SSSR count). The van der Waals surface area contributed by atoms with Crippen molar-refractivity contribution in [1.29, 1.82) is 0 Å². The smallest absolute Gasteiger partial charge is 0.355 e. The number of hydrogen-bond donors (Lipinski definition) is 2. The van der Waals surface area contributed by atoms with Crippen molar-refractivity contribution in [2.75, 3.05) is 13.2 Å². The lowest BCUT2D eigenvalue weighted by Gasteiger charge is -2.08. The van der Waals surface area contributed by atoms with E-state index in [0.29, 0.717) is 0 Å². The minimum atomic E-state index is -0.647. The Labute approximate surface area is 275 Å². The van der Waals surface area contributed by atoms with E-state index in [1.807, 2.05) is 0 Å². The van der Waals surface area contributed by atoms with Gasteiger partial charge in [0.05, 0.1) is 13.2 Å². The van der Waals surface area contributed by atoms with Gasteiger partial charge in [-0.15, -0.1) is 0 Å². The molecule has 0 saturated heterocycles. The normalized spacial score (nSPS) is 10.0. The number of amides is 2. The fraction of sp³-hybridized carbons (Fsp3) is 0.200. The fourth-order valence-electron chi connectivity index (χ4n) is 4.17. The first-order valence-corrected chi connectivity index (χ1v) is 13.6. The number of ether oxygens (including phenoxy) is 2. The number of rotatable bonds is 10. The summed E-state index contributed by atoms with van der Waals surface area (Å²) in [5.74, 6) is -3.41. The van der Waals surface area contributed by atoms with E-state index in [4.69, 9.17) is 9.47 Å². The second-order valence-electron chi connectivity index (χ2n) is 9.19. The molecule has 46 heavy (non-hydrogen) atoms. The Hall–Kier alpha value is -5.34. The summed E-state index contributed by atoms with van der Waals surface area (Å²) < 4.78 is 15.2. The van der Waals surface area contributed by atoms with Gasteiger partial charge >= 0.3 is 11.9 Å². The van der Waals surface area contributed by atoms with Crippen LogP contribution in [0.2, 0.25) is 0 Å². The maximum atomic E-state index is 12.8. The Bertz CT molecular complexity index is 1610. The first-order valence-electron chi connectivity index (χ1n) is 13.6. The van der Waals surface area contributed by atoms with Crippen LogP contribution < -0.4 is 44.8 Å². The largest absolute Gasteiger partial charge is 1.00 e. The number of nitrogens with one attached hydrogen (secondary N) is 2. The summed E-state index contributed by atoms with van der Waals surface area (Å²) in [6.07, 6.45) is 8.89. The summed E-state index contributed by atoms with van der Waals surface area (Å²) in [5, 5.41) is 0. The Kier molecular flexibility index (Phi) is 13.8. The highest BCUT2D eigenvalue weighted by molar-refractivity contribution is 5.98. The van der Waals surface area contributed by atoms with Crippen molar-refractivity contribution in [2.45, 2.75) is 26.9 Å². The lowest BCUT2D eigenvalue weighted by molar-refractivity contribution is -0.683. The molecule has 242 valence electrons. The highest BCUT2D eigenvalue weighted by atomic mass is 35.5. The number of pyridine rings is 2. The van der Waals surface area contributed by atoms with Crippen LogP contribution in [0.4, 0.5) is 0 Å². The highest BCUT2D eigenvalue weighted by Crippen LogP contribution is 2.06. The van der Waals surface area contributed by atoms with Crippen LogP contribution in [0, 0.1) is 0 Å². The van der Waals surface area contributed by atoms with Crippen molar-refractivity contribution in [2.24, 2.45) is 0 Å². The van der Waals surface area contributed by atoms with Crippen molar-refractivity contribution in [3.63, 3.8) is 0 Å². The van der Waals surface area contributed by atoms with E-state index in [1.54, 1.807) is 50.5 Å². The van der Waals surface area contributed by atoms with Crippen LogP contribution in [0.25, 0.3) is 0 Å². The lowest BCUT2D eigenvalue weighted by Crippen LogP contribution is -3.00. The molecule has 0 saturated carbocycles. The molecule has 2 N–H and O–H groups in total. The molecule has 4 heterocycles. The summed E-state index contributed by atoms with van der Waals surface area (Å²) in [6, 6.07) is 12.2. The molecule has 0 bridgehead atoms. The van der Waals surface area contributed by atoms with Gasteiger partial charge in [0.1, 0.15) is 22.5 Å². The zero-order valence-corrected chi connectivity index (χ0v) is 26.2. The van der Waals surface area contributed by atoms with Gasteiger partial charge in [0.25, 0.3) is 23.6 Å². The Morgan fingerprint density at radius 2 is 1.02 bits per heavy atom. The van der Waals surface area contributed by atoms with E-state index < -0.39 is 35.6 Å². The molecule has 0 aliphatic carbocycles. The molecular formula is C30H30Cl2N6O8. The molecule has 0 atom stereocenters. The molecule has 0 aliphatic rings. The SMILES string of the molecule is CCOC(=O)c1cccn1C(=O)C[n+]1cccc(C(=O)NNC(=O)c2ccc[n+](CC(=O)n3cccc3C(=O)OCC)c2)c1.[Cl-].[Cl-]. The van der Waals surface area contributed by atoms with E-state index in [0.717, 1.165) is 0 Å². The first-order chi connectivity index (χ1) is 21.2. The molecule has 0 aliphatic heterocycles. The number of hydrogen-bond acceptors (Lipinski definition) is 8. The first kappa shape index (κ1) is 36.8. The van der Waals surface area contributed by atoms with Crippen molar-refractivity contribution in [3.05, 3.63) is 108 Å². The Morgan fingerprint density at radius 1 is 0.630 bits per heavy atom. The zero-order chi connectivity index (χ0) is 31.6. The average molecular weight is 674 g/mol. The minimum Gasteiger partial charge on any atom is -1.00 e. The summed E-state index contributed by atoms with van der Waals surface area (Å²) in [6.45, 7) is 3.30. The van der Waals surface area contributed by atoms with Gasteiger partial charge in [-0.25, -0.2) is 9.59 Å². The molecule has 0 unspecified atom stereocenters. The number of hydrazine groups is 1. The number of carbonyl (C=O) groups is 6. The average Bonchev–Trinajstić information content (AvgIpc) is 3.71. The van der Waals surface area contributed by atoms with E-state index in [9.17, 15) is 28.8 Å². The van der Waals surface area contributed by atoms with E-state index in [2.05, 4.69) is 10.9 Å². The van der Waals surface area contributed by atoms with Crippen LogP contribution in [-0.4, -0.2) is 57.9 Å². The molecular weight excluding hydrogens is 643 g/mol. The second kappa shape index (κ2) is 17.2. The third kappa shape index (κ3) is 9.09. The van der Waals surface area contributed by atoms with Crippen molar-refractivity contribution in [1.82, 2.24) is 20.0 Å². The fourth-order valence-corrected chi connectivity index (χ4v) is 4.17. The molecule has 4 aromatic heterocycles. The summed E-state index contributed by atoms with van der Waals surface area (Å²) in [4.78, 5) is 75.4. The third-order valence-electron chi connectivity index (χ3n) is 6.17. The number of aromatic nitrogens is 4. The number of esters is 2. The number of nitrogens with zero attached hydrogens (tertiary/aromatic N) is 4. The lowest BCUT2D eigenvalue weighted by atomic mass is 10.2. The minimum absolute atomic E-state index is 0. The number of halogens is 2. The van der Waals surface area contributed by atoms with Gasteiger partial charge in [0.15, 0.2) is 24.8 Å². The summed E-state index contributed by atoms with van der Waals surface area (Å²) >= 11 is 0. The number of carbonyl (C=O) groups excluding carboxylic acids is 6. The molecule has 14 nitrogen and oxygen atoms in total. The molecule has 0 aromatic carbocycles. The maximum absolute atomic E-state index is 12.8. The summed E-state index contributed by atoms with van der Waals surface area (Å²) in [5.41, 5.74) is 5.12. The quantitative estimate of drug-likeness (QED) is 0.0961. The predicted octanol–water partition coefficient (Wildman–Crippen LogP) is -5.02. The molecule has 0 radical (unpaired) electrons. The zero-order valence-electron chi connectivity index (χ0n) is 24.7. The molecule has 4 aromatic rings. The van der Waals surface area contributed by atoms with Gasteiger partial charge in [0, 0.05) is 24.5 Å². The van der Waals surface area contributed by atoms with Gasteiger partial charge in [-0.1, -0.05) is 0 Å². The maximum Gasteiger partial charge on any atom is 0.355 e. The molecule has 16 heteroatoms. The van der Waals surface area contributed by atoms with Crippen LogP contribution in [-0.2, 0) is 22.6 Å². The van der Waals surface area contributed by atoms with Gasteiger partial charge in [0.2, 0.25) is 13.1 Å². The molecule has 0 spiro atoms. The Morgan fingerprint density at radius 3 is 1.39 bits per heavy atom. The second-order valence-corrected chi connectivity index (χ2v) is 9.19. The van der Waals surface area contributed by atoms with Gasteiger partial charge in [-0.2, -0.15) is 9.13 Å². The van der Waals surface area contributed by atoms with E-state index in [1.165, 1.54) is 67.3 Å². The van der Waals surface area contributed by atoms with E-state index >= 15 is 0 Å².